The van der Waals surface area contributed by atoms with Crippen LogP contribution in [-0.2, 0) is 16.6 Å². The lowest BCUT2D eigenvalue weighted by atomic mass is 10.2. The number of benzene rings is 1. The number of nitrogens with zero attached hydrogens (tertiary/aromatic N) is 2. The molecule has 134 valence electrons. The first-order valence-corrected chi connectivity index (χ1v) is 9.96. The van der Waals surface area contributed by atoms with Crippen molar-refractivity contribution in [2.45, 2.75) is 25.3 Å². The van der Waals surface area contributed by atoms with Gasteiger partial charge in [0.15, 0.2) is 0 Å². The van der Waals surface area contributed by atoms with Crippen LogP contribution >= 0.6 is 0 Å². The van der Waals surface area contributed by atoms with Crippen molar-refractivity contribution in [1.29, 1.82) is 0 Å². The van der Waals surface area contributed by atoms with E-state index in [2.05, 4.69) is 33.1 Å². The van der Waals surface area contributed by atoms with E-state index in [-0.39, 0.29) is 4.90 Å². The molecule has 0 spiro atoms. The number of anilines is 1. The van der Waals surface area contributed by atoms with Gasteiger partial charge in [0, 0.05) is 47.1 Å². The molecule has 0 saturated carbocycles. The number of sulfonamides is 1. The highest BCUT2D eigenvalue weighted by Crippen LogP contribution is 2.26. The Morgan fingerprint density at radius 1 is 1.23 bits per heavy atom. The van der Waals surface area contributed by atoms with E-state index in [0.717, 1.165) is 17.4 Å². The van der Waals surface area contributed by atoms with Crippen LogP contribution in [0.25, 0.3) is 21.9 Å². The Labute approximate surface area is 151 Å². The van der Waals surface area contributed by atoms with Crippen molar-refractivity contribution < 1.29 is 8.42 Å². The maximum absolute atomic E-state index is 12.8. The molecule has 0 saturated heterocycles. The number of nitrogens with one attached hydrogen (secondary N) is 2. The van der Waals surface area contributed by atoms with Crippen molar-refractivity contribution in [2.75, 3.05) is 4.72 Å². The van der Waals surface area contributed by atoms with E-state index < -0.39 is 10.0 Å². The van der Waals surface area contributed by atoms with E-state index in [1.807, 2.05) is 24.4 Å². The third kappa shape index (κ3) is 2.94. The van der Waals surface area contributed by atoms with Gasteiger partial charge in [-0.2, -0.15) is 0 Å². The Morgan fingerprint density at radius 2 is 2.08 bits per heavy atom. The number of fused-ring (bicyclic) bond motifs is 2. The van der Waals surface area contributed by atoms with Crippen molar-refractivity contribution in [3.63, 3.8) is 0 Å². The average molecular weight is 368 g/mol. The summed E-state index contributed by atoms with van der Waals surface area (Å²) >= 11 is 0. The van der Waals surface area contributed by atoms with Gasteiger partial charge in [0.05, 0.1) is 0 Å². The summed E-state index contributed by atoms with van der Waals surface area (Å²) in [5.74, 6) is 0.541. The van der Waals surface area contributed by atoms with Gasteiger partial charge in [-0.05, 0) is 42.3 Å². The molecule has 1 aromatic carbocycles. The molecule has 0 bridgehead atoms. The van der Waals surface area contributed by atoms with Crippen LogP contribution in [0, 0.1) is 5.92 Å². The van der Waals surface area contributed by atoms with Crippen LogP contribution in [0.2, 0.25) is 0 Å². The summed E-state index contributed by atoms with van der Waals surface area (Å²) in [5.41, 5.74) is 2.19. The fourth-order valence-electron chi connectivity index (χ4n) is 3.18. The second kappa shape index (κ2) is 6.17. The average Bonchev–Trinajstić information content (AvgIpc) is 3.18. The molecule has 6 nitrogen and oxygen atoms in total. The van der Waals surface area contributed by atoms with Crippen LogP contribution in [0.5, 0.6) is 0 Å². The van der Waals surface area contributed by atoms with Crippen molar-refractivity contribution in [1.82, 2.24) is 14.5 Å². The number of rotatable bonds is 5. The fraction of sp³-hybridized carbons (Fsp3) is 0.211. The smallest absolute Gasteiger partial charge is 0.264 e. The molecule has 0 radical (unpaired) electrons. The van der Waals surface area contributed by atoms with Crippen molar-refractivity contribution >= 4 is 37.6 Å². The molecule has 7 heteroatoms. The lowest BCUT2D eigenvalue weighted by Gasteiger charge is -2.10. The van der Waals surface area contributed by atoms with Crippen molar-refractivity contribution in [3.8, 4) is 0 Å². The molecule has 4 aromatic rings. The van der Waals surface area contributed by atoms with E-state index in [1.54, 1.807) is 24.4 Å². The monoisotopic (exact) mass is 368 g/mol. The largest absolute Gasteiger partial charge is 0.347 e. The quantitative estimate of drug-likeness (QED) is 0.559. The first kappa shape index (κ1) is 16.7. The van der Waals surface area contributed by atoms with Gasteiger partial charge in [-0.3, -0.25) is 4.72 Å². The predicted octanol–water partition coefficient (Wildman–Crippen LogP) is 3.97. The summed E-state index contributed by atoms with van der Waals surface area (Å²) in [6.45, 7) is 5.27. The van der Waals surface area contributed by atoms with Crippen LogP contribution in [-0.4, -0.2) is 23.0 Å². The molecule has 0 fully saturated rings. The summed E-state index contributed by atoms with van der Waals surface area (Å²) < 4.78 is 30.5. The summed E-state index contributed by atoms with van der Waals surface area (Å²) in [5, 5.41) is 1.58. The Balaban J connectivity index is 1.68. The van der Waals surface area contributed by atoms with E-state index in [4.69, 9.17) is 0 Å². The molecule has 0 aliphatic carbocycles. The van der Waals surface area contributed by atoms with Gasteiger partial charge in [-0.15, -0.1) is 0 Å². The summed E-state index contributed by atoms with van der Waals surface area (Å²) in [4.78, 5) is 7.23. The second-order valence-corrected chi connectivity index (χ2v) is 8.44. The van der Waals surface area contributed by atoms with E-state index in [0.29, 0.717) is 22.6 Å². The summed E-state index contributed by atoms with van der Waals surface area (Å²) in [6, 6.07) is 11.1. The zero-order valence-corrected chi connectivity index (χ0v) is 15.4. The molecule has 0 aliphatic heterocycles. The Bertz CT molecular complexity index is 1190. The highest BCUT2D eigenvalue weighted by Gasteiger charge is 2.19. The molecule has 26 heavy (non-hydrogen) atoms. The maximum atomic E-state index is 12.8. The zero-order valence-electron chi connectivity index (χ0n) is 14.6. The van der Waals surface area contributed by atoms with E-state index in [1.165, 1.54) is 6.20 Å². The van der Waals surface area contributed by atoms with Crippen LogP contribution in [0.3, 0.4) is 0 Å². The lowest BCUT2D eigenvalue weighted by Crippen LogP contribution is -2.12. The molecule has 4 rings (SSSR count). The number of hydrogen-bond donors (Lipinski definition) is 2. The first-order chi connectivity index (χ1) is 12.4. The molecule has 3 aromatic heterocycles. The van der Waals surface area contributed by atoms with E-state index in [9.17, 15) is 8.42 Å². The minimum Gasteiger partial charge on any atom is -0.347 e. The van der Waals surface area contributed by atoms with Crippen LogP contribution < -0.4 is 4.72 Å². The number of hydrogen-bond acceptors (Lipinski definition) is 3. The molecule has 3 heterocycles. The van der Waals surface area contributed by atoms with Crippen LogP contribution in [0.1, 0.15) is 13.8 Å². The van der Waals surface area contributed by atoms with Gasteiger partial charge in [0.25, 0.3) is 10.0 Å². The summed E-state index contributed by atoms with van der Waals surface area (Å²) in [7, 11) is -3.71. The van der Waals surface area contributed by atoms with Crippen molar-refractivity contribution in [3.05, 3.63) is 55.0 Å². The fourth-order valence-corrected chi connectivity index (χ4v) is 4.40. The molecule has 0 atom stereocenters. The second-order valence-electron chi connectivity index (χ2n) is 6.79. The van der Waals surface area contributed by atoms with Gasteiger partial charge >= 0.3 is 0 Å². The zero-order chi connectivity index (χ0) is 18.3. The normalized spacial score (nSPS) is 12.3. The maximum Gasteiger partial charge on any atom is 0.264 e. The molecule has 2 N–H and O–H groups in total. The van der Waals surface area contributed by atoms with E-state index >= 15 is 0 Å². The lowest BCUT2D eigenvalue weighted by molar-refractivity contribution is 0.535. The summed E-state index contributed by atoms with van der Waals surface area (Å²) in [6.07, 6.45) is 5.13. The number of aromatic nitrogens is 3. The molecular formula is C19H20N4O2S. The minimum atomic E-state index is -3.71. The third-order valence-corrected chi connectivity index (χ3v) is 5.71. The van der Waals surface area contributed by atoms with Gasteiger partial charge in [-0.25, -0.2) is 13.4 Å². The van der Waals surface area contributed by atoms with Crippen molar-refractivity contribution in [2.24, 2.45) is 5.92 Å². The molecule has 0 amide bonds. The minimum absolute atomic E-state index is 0.193. The van der Waals surface area contributed by atoms with Gasteiger partial charge < -0.3 is 9.55 Å². The highest BCUT2D eigenvalue weighted by atomic mass is 32.2. The van der Waals surface area contributed by atoms with Gasteiger partial charge in [-0.1, -0.05) is 13.8 Å². The molecular weight excluding hydrogens is 348 g/mol. The predicted molar refractivity (Wildman–Crippen MR) is 104 cm³/mol. The topological polar surface area (TPSA) is 79.8 Å². The molecule has 0 aliphatic rings. The Hall–Kier alpha value is -2.80. The van der Waals surface area contributed by atoms with Crippen LogP contribution in [0.15, 0.2) is 59.9 Å². The van der Waals surface area contributed by atoms with Gasteiger partial charge in [0.1, 0.15) is 10.5 Å². The Morgan fingerprint density at radius 3 is 2.88 bits per heavy atom. The number of H-pyrrole nitrogens is 1. The third-order valence-electron chi connectivity index (χ3n) is 4.29. The standard InChI is InChI=1S/C19H20N4O2S/c1-13(2)12-23-9-7-14-10-15(5-6-17(14)23)22-26(24,25)18-11-21-19-16(18)4-3-8-20-19/h3-11,13,22H,12H2,1-2H3,(H,20,21). The SMILES string of the molecule is CC(C)Cn1ccc2cc(NS(=O)(=O)c3c[nH]c4ncccc34)ccc21. The highest BCUT2D eigenvalue weighted by molar-refractivity contribution is 7.93. The number of aromatic amines is 1. The first-order valence-electron chi connectivity index (χ1n) is 8.48. The van der Waals surface area contributed by atoms with Gasteiger partial charge in [0.2, 0.25) is 0 Å². The number of pyridine rings is 1. The van der Waals surface area contributed by atoms with Crippen LogP contribution in [0.4, 0.5) is 5.69 Å². The molecule has 0 unspecified atom stereocenters. The Kier molecular flexibility index (Phi) is 3.96.